The van der Waals surface area contributed by atoms with Gasteiger partial charge < -0.3 is 16.0 Å². The summed E-state index contributed by atoms with van der Waals surface area (Å²) < 4.78 is 0. The van der Waals surface area contributed by atoms with E-state index in [2.05, 4.69) is 32.4 Å². The maximum atomic E-state index is 12.9. The number of nitrogens with zero attached hydrogens (tertiary/aromatic N) is 4. The summed E-state index contributed by atoms with van der Waals surface area (Å²) in [6.45, 7) is 1.53. The van der Waals surface area contributed by atoms with E-state index in [9.17, 15) is 4.79 Å². The molecule has 7 heteroatoms. The van der Waals surface area contributed by atoms with Gasteiger partial charge >= 0.3 is 0 Å². The number of nitrogens with one attached hydrogen (secondary N) is 1. The predicted octanol–water partition coefficient (Wildman–Crippen LogP) is 3.18. The summed E-state index contributed by atoms with van der Waals surface area (Å²) in [4.78, 5) is 27.3. The van der Waals surface area contributed by atoms with Crippen molar-refractivity contribution >= 4 is 17.7 Å². The zero-order valence-electron chi connectivity index (χ0n) is 16.4. The van der Waals surface area contributed by atoms with Crippen molar-refractivity contribution in [1.29, 1.82) is 0 Å². The van der Waals surface area contributed by atoms with Gasteiger partial charge in [-0.05, 0) is 48.6 Å². The van der Waals surface area contributed by atoms with E-state index in [1.165, 1.54) is 5.56 Å². The van der Waals surface area contributed by atoms with Crippen molar-refractivity contribution in [2.75, 3.05) is 31.2 Å². The molecular formula is C22H24N6O. The van der Waals surface area contributed by atoms with Crippen LogP contribution in [0.2, 0.25) is 0 Å². The second-order valence-electron chi connectivity index (χ2n) is 7.17. The van der Waals surface area contributed by atoms with Gasteiger partial charge in [-0.15, -0.1) is 0 Å². The molecule has 3 aromatic rings. The van der Waals surface area contributed by atoms with Gasteiger partial charge in [0, 0.05) is 49.7 Å². The van der Waals surface area contributed by atoms with E-state index in [4.69, 9.17) is 5.73 Å². The van der Waals surface area contributed by atoms with E-state index in [-0.39, 0.29) is 11.9 Å². The first-order valence-electron chi connectivity index (χ1n) is 9.76. The Hall–Kier alpha value is -3.48. The van der Waals surface area contributed by atoms with Gasteiger partial charge in [-0.3, -0.25) is 9.78 Å². The van der Waals surface area contributed by atoms with Crippen LogP contribution in [0.4, 0.5) is 11.8 Å². The third-order valence-electron chi connectivity index (χ3n) is 5.39. The summed E-state index contributed by atoms with van der Waals surface area (Å²) in [6.07, 6.45) is 5.61. The number of piperidine rings is 1. The Balaban J connectivity index is 1.43. The molecule has 1 aliphatic heterocycles. The third-order valence-corrected chi connectivity index (χ3v) is 5.39. The minimum atomic E-state index is 0.0721. The number of benzene rings is 1. The van der Waals surface area contributed by atoms with Gasteiger partial charge in [0.15, 0.2) is 0 Å². The smallest absolute Gasteiger partial charge is 0.253 e. The van der Waals surface area contributed by atoms with Crippen LogP contribution in [0.3, 0.4) is 0 Å². The van der Waals surface area contributed by atoms with Gasteiger partial charge in [0.05, 0.1) is 5.69 Å². The van der Waals surface area contributed by atoms with Gasteiger partial charge in [-0.2, -0.15) is 4.98 Å². The molecule has 0 bridgehead atoms. The Morgan fingerprint density at radius 2 is 1.76 bits per heavy atom. The van der Waals surface area contributed by atoms with E-state index in [0.717, 1.165) is 37.2 Å². The van der Waals surface area contributed by atoms with Crippen LogP contribution in [0.15, 0.2) is 54.9 Å². The summed E-state index contributed by atoms with van der Waals surface area (Å²) in [5, 5.41) is 2.97. The number of nitrogens with two attached hydrogens (primary N) is 1. The molecule has 3 heterocycles. The number of carbonyl (C=O) groups is 1. The topological polar surface area (TPSA) is 97.0 Å². The van der Waals surface area contributed by atoms with Crippen molar-refractivity contribution in [1.82, 2.24) is 19.9 Å². The normalized spacial score (nSPS) is 14.6. The number of amides is 1. The molecule has 0 atom stereocenters. The van der Waals surface area contributed by atoms with Gasteiger partial charge in [0.25, 0.3) is 5.91 Å². The Labute approximate surface area is 170 Å². The van der Waals surface area contributed by atoms with Crippen molar-refractivity contribution in [2.24, 2.45) is 0 Å². The molecule has 0 saturated carbocycles. The van der Waals surface area contributed by atoms with E-state index < -0.39 is 0 Å². The summed E-state index contributed by atoms with van der Waals surface area (Å²) in [7, 11) is 1.78. The zero-order valence-corrected chi connectivity index (χ0v) is 16.4. The minimum absolute atomic E-state index is 0.0721. The van der Waals surface area contributed by atoms with Crippen LogP contribution in [-0.2, 0) is 0 Å². The molecule has 2 aromatic heterocycles. The lowest BCUT2D eigenvalue weighted by atomic mass is 9.90. The van der Waals surface area contributed by atoms with Crippen LogP contribution >= 0.6 is 0 Å². The van der Waals surface area contributed by atoms with Crippen LogP contribution < -0.4 is 11.1 Å². The van der Waals surface area contributed by atoms with Gasteiger partial charge in [-0.25, -0.2) is 4.98 Å². The fraction of sp³-hybridized carbons (Fsp3) is 0.273. The Kier molecular flexibility index (Phi) is 5.37. The van der Waals surface area contributed by atoms with E-state index in [1.807, 2.05) is 47.6 Å². The number of rotatable bonds is 4. The molecule has 1 aliphatic rings. The van der Waals surface area contributed by atoms with Crippen LogP contribution in [0, 0.1) is 0 Å². The van der Waals surface area contributed by atoms with Gasteiger partial charge in [-0.1, -0.05) is 12.1 Å². The monoisotopic (exact) mass is 388 g/mol. The first-order chi connectivity index (χ1) is 14.1. The Bertz CT molecular complexity index is 982. The fourth-order valence-electron chi connectivity index (χ4n) is 3.76. The number of hydrogen-bond donors (Lipinski definition) is 2. The highest BCUT2D eigenvalue weighted by atomic mass is 16.2. The maximum absolute atomic E-state index is 12.9. The van der Waals surface area contributed by atoms with Gasteiger partial charge in [0.2, 0.25) is 5.95 Å². The molecule has 29 heavy (non-hydrogen) atoms. The SMILES string of the molecule is CNc1cc(-c2ccc(C(=O)N3CCC(c4ccncc4)CC3)cc2)nc(N)n1. The second-order valence-corrected chi connectivity index (χ2v) is 7.17. The highest BCUT2D eigenvalue weighted by Gasteiger charge is 2.24. The third kappa shape index (κ3) is 4.18. The Morgan fingerprint density at radius 3 is 2.41 bits per heavy atom. The quantitative estimate of drug-likeness (QED) is 0.712. The molecule has 148 valence electrons. The molecule has 1 aromatic carbocycles. The highest BCUT2D eigenvalue weighted by Crippen LogP contribution is 2.28. The van der Waals surface area contributed by atoms with E-state index in [1.54, 1.807) is 7.05 Å². The minimum Gasteiger partial charge on any atom is -0.373 e. The standard InChI is InChI=1S/C22H24N6O/c1-24-20-14-19(26-22(23)27-20)17-2-4-18(5-3-17)21(29)28-12-8-16(9-13-28)15-6-10-25-11-7-15/h2-7,10-11,14,16H,8-9,12-13H2,1H3,(H3,23,24,26,27). The van der Waals surface area contributed by atoms with Crippen LogP contribution in [-0.4, -0.2) is 45.9 Å². The summed E-state index contributed by atoms with van der Waals surface area (Å²) >= 11 is 0. The van der Waals surface area contributed by atoms with E-state index in [0.29, 0.717) is 17.3 Å². The number of likely N-dealkylation sites (tertiary alicyclic amines) is 1. The molecule has 0 aliphatic carbocycles. The molecule has 0 radical (unpaired) electrons. The summed E-state index contributed by atoms with van der Waals surface area (Å²) in [5.74, 6) is 1.44. The molecule has 3 N–H and O–H groups in total. The first kappa shape index (κ1) is 18.9. The van der Waals surface area contributed by atoms with Crippen LogP contribution in [0.5, 0.6) is 0 Å². The van der Waals surface area contributed by atoms with Gasteiger partial charge in [0.1, 0.15) is 5.82 Å². The molecule has 1 saturated heterocycles. The molecule has 0 unspecified atom stereocenters. The Morgan fingerprint density at radius 1 is 1.07 bits per heavy atom. The fourth-order valence-corrected chi connectivity index (χ4v) is 3.76. The number of carbonyl (C=O) groups excluding carboxylic acids is 1. The van der Waals surface area contributed by atoms with Crippen molar-refractivity contribution in [3.8, 4) is 11.3 Å². The number of aromatic nitrogens is 3. The molecule has 7 nitrogen and oxygen atoms in total. The lowest BCUT2D eigenvalue weighted by molar-refractivity contribution is 0.0713. The summed E-state index contributed by atoms with van der Waals surface area (Å²) in [6, 6.07) is 13.5. The molecule has 4 rings (SSSR count). The largest absolute Gasteiger partial charge is 0.373 e. The zero-order chi connectivity index (χ0) is 20.2. The number of hydrogen-bond acceptors (Lipinski definition) is 6. The average molecular weight is 388 g/mol. The average Bonchev–Trinajstić information content (AvgIpc) is 2.79. The van der Waals surface area contributed by atoms with Crippen molar-refractivity contribution in [3.05, 3.63) is 66.0 Å². The van der Waals surface area contributed by atoms with E-state index >= 15 is 0 Å². The molecule has 1 fully saturated rings. The molecular weight excluding hydrogens is 364 g/mol. The van der Waals surface area contributed by atoms with Crippen LogP contribution in [0.25, 0.3) is 11.3 Å². The maximum Gasteiger partial charge on any atom is 0.253 e. The van der Waals surface area contributed by atoms with Crippen LogP contribution in [0.1, 0.15) is 34.7 Å². The lowest BCUT2D eigenvalue weighted by Crippen LogP contribution is -2.37. The number of anilines is 2. The lowest BCUT2D eigenvalue weighted by Gasteiger charge is -2.32. The molecule has 0 spiro atoms. The number of nitrogen functional groups attached to an aromatic ring is 1. The number of pyridine rings is 1. The summed E-state index contributed by atoms with van der Waals surface area (Å²) in [5.41, 5.74) is 9.38. The predicted molar refractivity (Wildman–Crippen MR) is 114 cm³/mol. The first-order valence-corrected chi connectivity index (χ1v) is 9.76. The molecule has 1 amide bonds. The van der Waals surface area contributed by atoms with Crippen molar-refractivity contribution < 1.29 is 4.79 Å². The van der Waals surface area contributed by atoms with Crippen molar-refractivity contribution in [3.63, 3.8) is 0 Å². The highest BCUT2D eigenvalue weighted by molar-refractivity contribution is 5.94. The second kappa shape index (κ2) is 8.26. The van der Waals surface area contributed by atoms with Crippen molar-refractivity contribution in [2.45, 2.75) is 18.8 Å².